The Hall–Kier alpha value is -4.67. The molecule has 0 saturated carbocycles. The number of carbonyl (C=O) groups is 1. The van der Waals surface area contributed by atoms with Gasteiger partial charge in [0.1, 0.15) is 23.0 Å². The molecule has 2 heterocycles. The van der Waals surface area contributed by atoms with E-state index in [1.54, 1.807) is 69.1 Å². The Morgan fingerprint density at radius 1 is 1.12 bits per heavy atom. The van der Waals surface area contributed by atoms with E-state index in [9.17, 15) is 18.0 Å². The van der Waals surface area contributed by atoms with Crippen LogP contribution in [-0.4, -0.2) is 31.4 Å². The summed E-state index contributed by atoms with van der Waals surface area (Å²) in [7, 11) is 1.80. The van der Waals surface area contributed by atoms with Crippen molar-refractivity contribution in [2.24, 2.45) is 7.05 Å². The predicted molar refractivity (Wildman–Crippen MR) is 146 cm³/mol. The molecule has 0 bridgehead atoms. The van der Waals surface area contributed by atoms with Crippen molar-refractivity contribution in [2.75, 3.05) is 0 Å². The van der Waals surface area contributed by atoms with Gasteiger partial charge in [-0.3, -0.25) is 0 Å². The second-order valence-corrected chi connectivity index (χ2v) is 9.95. The zero-order valence-electron chi connectivity index (χ0n) is 22.5. The van der Waals surface area contributed by atoms with E-state index in [0.29, 0.717) is 28.1 Å². The maximum Gasteiger partial charge on any atom is 0.420 e. The molecule has 4 aromatic rings. The van der Waals surface area contributed by atoms with Gasteiger partial charge in [0, 0.05) is 24.7 Å². The Morgan fingerprint density at radius 2 is 1.85 bits per heavy atom. The SMILES string of the molecule is C=C/C(=C(\C=C)c1nncn1C)c1cccc(-c2nc3cc(CNC(=O)OC(C)(C)C)cc(C(F)(F)F)c3o2)c1. The first kappa shape index (κ1) is 28.3. The Kier molecular flexibility index (Phi) is 7.68. The lowest BCUT2D eigenvalue weighted by Gasteiger charge is -2.19. The summed E-state index contributed by atoms with van der Waals surface area (Å²) in [5, 5.41) is 10.5. The van der Waals surface area contributed by atoms with Crippen molar-refractivity contribution in [1.82, 2.24) is 25.1 Å². The van der Waals surface area contributed by atoms with Gasteiger partial charge in [0.05, 0.1) is 0 Å². The molecule has 0 unspecified atom stereocenters. The molecule has 2 aromatic heterocycles. The van der Waals surface area contributed by atoms with Crippen LogP contribution in [-0.2, 0) is 24.5 Å². The third-order valence-corrected chi connectivity index (χ3v) is 5.76. The molecule has 0 atom stereocenters. The van der Waals surface area contributed by atoms with Crippen LogP contribution in [0.25, 0.3) is 33.7 Å². The molecule has 0 aliphatic carbocycles. The van der Waals surface area contributed by atoms with Crippen molar-refractivity contribution in [1.29, 1.82) is 0 Å². The molecule has 2 aromatic carbocycles. The maximum atomic E-state index is 14.0. The minimum Gasteiger partial charge on any atom is -0.444 e. The zero-order valence-corrected chi connectivity index (χ0v) is 22.5. The van der Waals surface area contributed by atoms with E-state index in [2.05, 4.69) is 33.7 Å². The topological polar surface area (TPSA) is 95.1 Å². The summed E-state index contributed by atoms with van der Waals surface area (Å²) in [4.78, 5) is 16.4. The summed E-state index contributed by atoms with van der Waals surface area (Å²) in [6, 6.07) is 9.35. The number of amides is 1. The quantitative estimate of drug-likeness (QED) is 0.250. The number of rotatable bonds is 7. The highest BCUT2D eigenvalue weighted by Gasteiger charge is 2.35. The number of hydrogen-bond donors (Lipinski definition) is 1. The zero-order chi connectivity index (χ0) is 29.2. The number of halogens is 3. The van der Waals surface area contributed by atoms with Gasteiger partial charge in [-0.05, 0) is 61.7 Å². The second-order valence-electron chi connectivity index (χ2n) is 9.95. The molecule has 40 heavy (non-hydrogen) atoms. The van der Waals surface area contributed by atoms with E-state index in [4.69, 9.17) is 9.15 Å². The Labute approximate surface area is 228 Å². The van der Waals surface area contributed by atoms with Gasteiger partial charge in [-0.1, -0.05) is 37.4 Å². The Bertz CT molecular complexity index is 1620. The van der Waals surface area contributed by atoms with E-state index in [1.165, 1.54) is 6.07 Å². The van der Waals surface area contributed by atoms with E-state index in [1.807, 2.05) is 6.07 Å². The summed E-state index contributed by atoms with van der Waals surface area (Å²) in [5.74, 6) is 0.571. The number of hydrogen-bond acceptors (Lipinski definition) is 6. The van der Waals surface area contributed by atoms with E-state index >= 15 is 0 Å². The number of allylic oxidation sites excluding steroid dienone is 4. The molecule has 208 valence electrons. The normalized spacial score (nSPS) is 12.7. The highest BCUT2D eigenvalue weighted by Crippen LogP contribution is 2.38. The van der Waals surface area contributed by atoms with Crippen molar-refractivity contribution < 1.29 is 27.1 Å². The summed E-state index contributed by atoms with van der Waals surface area (Å²) in [6.07, 6.45) is -0.626. The van der Waals surface area contributed by atoms with Crippen LogP contribution in [0, 0.1) is 0 Å². The van der Waals surface area contributed by atoms with Crippen LogP contribution >= 0.6 is 0 Å². The van der Waals surface area contributed by atoms with Crippen molar-refractivity contribution >= 4 is 28.3 Å². The van der Waals surface area contributed by atoms with Crippen LogP contribution in [0.4, 0.5) is 18.0 Å². The fourth-order valence-electron chi connectivity index (χ4n) is 4.07. The Balaban J connectivity index is 1.75. The number of nitrogens with one attached hydrogen (secondary N) is 1. The minimum atomic E-state index is -4.72. The molecular formula is C29H28F3N5O3. The molecule has 11 heteroatoms. The largest absolute Gasteiger partial charge is 0.444 e. The van der Waals surface area contributed by atoms with Gasteiger partial charge < -0.3 is 19.0 Å². The lowest BCUT2D eigenvalue weighted by Crippen LogP contribution is -2.32. The first-order valence-corrected chi connectivity index (χ1v) is 12.2. The molecule has 0 spiro atoms. The molecule has 0 aliphatic heterocycles. The van der Waals surface area contributed by atoms with Gasteiger partial charge in [-0.2, -0.15) is 13.2 Å². The number of aryl methyl sites for hydroxylation is 1. The fraction of sp³-hybridized carbons (Fsp3) is 0.241. The molecule has 0 aliphatic rings. The smallest absolute Gasteiger partial charge is 0.420 e. The van der Waals surface area contributed by atoms with E-state index < -0.39 is 29.0 Å². The summed E-state index contributed by atoms with van der Waals surface area (Å²) in [5.41, 5.74) is 0.561. The van der Waals surface area contributed by atoms with E-state index in [0.717, 1.165) is 6.07 Å². The average Bonchev–Trinajstić information content (AvgIpc) is 3.50. The number of carbonyl (C=O) groups excluding carboxylic acids is 1. The van der Waals surface area contributed by atoms with Gasteiger partial charge in [0.15, 0.2) is 11.4 Å². The lowest BCUT2D eigenvalue weighted by atomic mass is 9.97. The van der Waals surface area contributed by atoms with Crippen LogP contribution < -0.4 is 5.32 Å². The van der Waals surface area contributed by atoms with Crippen molar-refractivity contribution in [3.8, 4) is 11.5 Å². The Morgan fingerprint density at radius 3 is 2.45 bits per heavy atom. The highest BCUT2D eigenvalue weighted by atomic mass is 19.4. The first-order chi connectivity index (χ1) is 18.8. The van der Waals surface area contributed by atoms with Gasteiger partial charge in [0.2, 0.25) is 5.89 Å². The van der Waals surface area contributed by atoms with Crippen molar-refractivity contribution in [2.45, 2.75) is 39.1 Å². The summed E-state index contributed by atoms with van der Waals surface area (Å²) >= 11 is 0. The minimum absolute atomic E-state index is 0.00145. The molecule has 8 nitrogen and oxygen atoms in total. The summed E-state index contributed by atoms with van der Waals surface area (Å²) in [6.45, 7) is 12.7. The van der Waals surface area contributed by atoms with Crippen molar-refractivity contribution in [3.63, 3.8) is 0 Å². The molecule has 0 fully saturated rings. The molecule has 0 radical (unpaired) electrons. The standard InChI is InChI=1S/C29H28F3N5O3/c1-7-20(21(8-2)25-36-34-16-37(25)6)18-10-9-11-19(14-18)26-35-23-13-17(15-33-27(38)40-28(3,4)5)12-22(24(23)39-26)29(30,31)32/h7-14,16H,1-2,15H2,3-6H3,(H,33,38)/b21-20-. The average molecular weight is 552 g/mol. The highest BCUT2D eigenvalue weighted by molar-refractivity contribution is 5.98. The number of alkyl carbamates (subject to hydrolysis) is 1. The van der Waals surface area contributed by atoms with Crippen molar-refractivity contribution in [3.05, 3.63) is 90.6 Å². The third-order valence-electron chi connectivity index (χ3n) is 5.76. The number of nitrogens with zero attached hydrogens (tertiary/aromatic N) is 4. The van der Waals surface area contributed by atoms with Crippen LogP contribution in [0.1, 0.15) is 43.3 Å². The van der Waals surface area contributed by atoms with Crippen LogP contribution in [0.3, 0.4) is 0 Å². The molecule has 1 N–H and O–H groups in total. The molecular weight excluding hydrogens is 523 g/mol. The monoisotopic (exact) mass is 551 g/mol. The predicted octanol–water partition coefficient (Wildman–Crippen LogP) is 6.95. The second kappa shape index (κ2) is 10.8. The van der Waals surface area contributed by atoms with Gasteiger partial charge in [-0.25, -0.2) is 9.78 Å². The summed E-state index contributed by atoms with van der Waals surface area (Å²) < 4.78 is 54.6. The number of fused-ring (bicyclic) bond motifs is 1. The number of oxazole rings is 1. The molecule has 1 amide bonds. The van der Waals surface area contributed by atoms with Gasteiger partial charge >= 0.3 is 12.3 Å². The fourth-order valence-corrected chi connectivity index (χ4v) is 4.07. The van der Waals surface area contributed by atoms with E-state index in [-0.39, 0.29) is 23.5 Å². The van der Waals surface area contributed by atoms with Crippen LogP contribution in [0.15, 0.2) is 72.5 Å². The first-order valence-electron chi connectivity index (χ1n) is 12.2. The maximum absolute atomic E-state index is 14.0. The molecule has 4 rings (SSSR count). The van der Waals surface area contributed by atoms with Gasteiger partial charge in [0.25, 0.3) is 0 Å². The number of ether oxygens (including phenoxy) is 1. The number of benzene rings is 2. The number of aromatic nitrogens is 4. The molecule has 0 saturated heterocycles. The number of alkyl halides is 3. The van der Waals surface area contributed by atoms with Gasteiger partial charge in [-0.15, -0.1) is 10.2 Å². The lowest BCUT2D eigenvalue weighted by molar-refractivity contribution is -0.136. The van der Waals surface area contributed by atoms with Crippen LogP contribution in [0.5, 0.6) is 0 Å². The van der Waals surface area contributed by atoms with Crippen LogP contribution in [0.2, 0.25) is 0 Å². The third kappa shape index (κ3) is 6.14.